The van der Waals surface area contributed by atoms with Gasteiger partial charge in [0.05, 0.1) is 18.3 Å². The lowest BCUT2D eigenvalue weighted by Crippen LogP contribution is -2.64. The van der Waals surface area contributed by atoms with Gasteiger partial charge in [-0.3, -0.25) is 14.5 Å². The number of carbonyl (C=O) groups is 3. The van der Waals surface area contributed by atoms with Crippen molar-refractivity contribution >= 4 is 23.5 Å². The number of benzene rings is 1. The van der Waals surface area contributed by atoms with Crippen LogP contribution in [-0.4, -0.2) is 82.8 Å². The summed E-state index contributed by atoms with van der Waals surface area (Å²) in [5.41, 5.74) is 0.650. The number of carbonyl (C=O) groups excluding carboxylic acids is 2. The Balaban J connectivity index is 0.000000406. The molecule has 0 saturated carbocycles. The smallest absolute Gasteiger partial charge is 0.475 e. The van der Waals surface area contributed by atoms with Gasteiger partial charge in [0, 0.05) is 25.3 Å². The predicted octanol–water partition coefficient (Wildman–Crippen LogP) is 2.32. The van der Waals surface area contributed by atoms with Gasteiger partial charge in [-0.25, -0.2) is 9.18 Å². The number of carboxylic acid groups (broad SMARTS) is 1. The molecule has 184 valence electrons. The molecular weight excluding hydrogens is 464 g/mol. The van der Waals surface area contributed by atoms with Gasteiger partial charge in [-0.15, -0.1) is 0 Å². The number of piperazine rings is 1. The fourth-order valence-electron chi connectivity index (χ4n) is 3.98. The van der Waals surface area contributed by atoms with E-state index in [-0.39, 0.29) is 29.7 Å². The Hall–Kier alpha value is -3.48. The predicted molar refractivity (Wildman–Crippen MR) is 110 cm³/mol. The molecule has 1 spiro atoms. The molecule has 0 bridgehead atoms. The van der Waals surface area contributed by atoms with Crippen molar-refractivity contribution in [3.8, 4) is 0 Å². The van der Waals surface area contributed by atoms with Crippen molar-refractivity contribution in [2.45, 2.75) is 25.1 Å². The van der Waals surface area contributed by atoms with Crippen LogP contribution < -0.4 is 4.90 Å². The number of anilines is 1. The zero-order chi connectivity index (χ0) is 25.3. The van der Waals surface area contributed by atoms with Crippen molar-refractivity contribution < 1.29 is 41.6 Å². The minimum absolute atomic E-state index is 0.0756. The van der Waals surface area contributed by atoms with Crippen molar-refractivity contribution in [3.63, 3.8) is 0 Å². The molecule has 2 aliphatic heterocycles. The molecule has 34 heavy (non-hydrogen) atoms. The van der Waals surface area contributed by atoms with Crippen LogP contribution in [0.1, 0.15) is 22.5 Å². The number of aromatic nitrogens is 1. The van der Waals surface area contributed by atoms with E-state index in [4.69, 9.17) is 14.4 Å². The van der Waals surface area contributed by atoms with Crippen LogP contribution in [0.4, 0.5) is 23.2 Å². The first-order chi connectivity index (χ1) is 15.8. The average molecular weight is 486 g/mol. The maximum atomic E-state index is 13.6. The number of hydrogen-bond acceptors (Lipinski definition) is 6. The highest BCUT2D eigenvalue weighted by Crippen LogP contribution is 2.34. The zero-order valence-corrected chi connectivity index (χ0v) is 18.3. The molecule has 2 aromatic rings. The fourth-order valence-corrected chi connectivity index (χ4v) is 3.98. The standard InChI is InChI=1S/C19H21FN4O3.C2HF3O2/c1-13-16(9-21-27-13)18(26)23-7-6-19(11-23)12-24(17(25)10-22(19)2)15-5-3-4-14(20)8-15;3-2(4,5)1(6)7/h3-5,8-9H,6-7,10-12H2,1-2H3;(H,6,7). The summed E-state index contributed by atoms with van der Waals surface area (Å²) in [6.07, 6.45) is -2.91. The number of amides is 2. The molecule has 1 aromatic carbocycles. The highest BCUT2D eigenvalue weighted by molar-refractivity contribution is 5.97. The lowest BCUT2D eigenvalue weighted by atomic mass is 9.92. The highest BCUT2D eigenvalue weighted by Gasteiger charge is 2.49. The van der Waals surface area contributed by atoms with Gasteiger partial charge in [-0.1, -0.05) is 11.2 Å². The Morgan fingerprint density at radius 2 is 1.91 bits per heavy atom. The van der Waals surface area contributed by atoms with Crippen LogP contribution in [0.3, 0.4) is 0 Å². The molecule has 0 radical (unpaired) electrons. The van der Waals surface area contributed by atoms with Crippen LogP contribution in [0.15, 0.2) is 35.0 Å². The maximum absolute atomic E-state index is 13.6. The number of likely N-dealkylation sites (tertiary alicyclic amines) is 1. The highest BCUT2D eigenvalue weighted by atomic mass is 19.4. The second kappa shape index (κ2) is 9.41. The monoisotopic (exact) mass is 486 g/mol. The van der Waals surface area contributed by atoms with Crippen molar-refractivity contribution in [2.24, 2.45) is 0 Å². The number of rotatable bonds is 2. The largest absolute Gasteiger partial charge is 0.490 e. The molecule has 4 rings (SSSR count). The van der Waals surface area contributed by atoms with E-state index in [0.717, 1.165) is 6.42 Å². The number of alkyl halides is 3. The van der Waals surface area contributed by atoms with E-state index >= 15 is 0 Å². The summed E-state index contributed by atoms with van der Waals surface area (Å²) in [6, 6.07) is 6.06. The van der Waals surface area contributed by atoms with Gasteiger partial charge in [0.25, 0.3) is 5.91 Å². The molecule has 9 nitrogen and oxygen atoms in total. The number of aryl methyl sites for hydroxylation is 1. The molecule has 2 saturated heterocycles. The van der Waals surface area contributed by atoms with Crippen LogP contribution in [0.2, 0.25) is 0 Å². The van der Waals surface area contributed by atoms with Crippen LogP contribution in [-0.2, 0) is 9.59 Å². The van der Waals surface area contributed by atoms with E-state index < -0.39 is 12.1 Å². The quantitative estimate of drug-likeness (QED) is 0.650. The van der Waals surface area contributed by atoms with Crippen LogP contribution in [0.5, 0.6) is 0 Å². The minimum Gasteiger partial charge on any atom is -0.475 e. The van der Waals surface area contributed by atoms with Gasteiger partial charge in [0.15, 0.2) is 0 Å². The van der Waals surface area contributed by atoms with E-state index in [1.165, 1.54) is 18.3 Å². The topological polar surface area (TPSA) is 107 Å². The molecule has 2 aliphatic rings. The molecule has 2 fully saturated rings. The summed E-state index contributed by atoms with van der Waals surface area (Å²) in [4.78, 5) is 39.7. The van der Waals surface area contributed by atoms with Gasteiger partial charge < -0.3 is 19.4 Å². The van der Waals surface area contributed by atoms with E-state index in [1.54, 1.807) is 28.9 Å². The summed E-state index contributed by atoms with van der Waals surface area (Å²) in [7, 11) is 1.90. The van der Waals surface area contributed by atoms with Crippen LogP contribution in [0, 0.1) is 12.7 Å². The molecule has 1 atom stereocenters. The summed E-state index contributed by atoms with van der Waals surface area (Å²) in [5, 5.41) is 10.8. The Morgan fingerprint density at radius 1 is 1.24 bits per heavy atom. The zero-order valence-electron chi connectivity index (χ0n) is 18.3. The van der Waals surface area contributed by atoms with Crippen molar-refractivity contribution in [3.05, 3.63) is 47.6 Å². The van der Waals surface area contributed by atoms with E-state index in [1.807, 2.05) is 11.9 Å². The molecule has 3 heterocycles. The summed E-state index contributed by atoms with van der Waals surface area (Å²) >= 11 is 0. The maximum Gasteiger partial charge on any atom is 0.490 e. The van der Waals surface area contributed by atoms with Crippen molar-refractivity contribution in [1.29, 1.82) is 0 Å². The number of halogens is 4. The van der Waals surface area contributed by atoms with E-state index in [0.29, 0.717) is 36.6 Å². The Morgan fingerprint density at radius 3 is 2.47 bits per heavy atom. The van der Waals surface area contributed by atoms with Crippen molar-refractivity contribution in [1.82, 2.24) is 15.0 Å². The average Bonchev–Trinajstić information content (AvgIpc) is 3.37. The Kier molecular flexibility index (Phi) is 6.96. The summed E-state index contributed by atoms with van der Waals surface area (Å²) in [5.74, 6) is -2.83. The molecule has 1 aromatic heterocycles. The molecule has 0 aliphatic carbocycles. The second-order valence-electron chi connectivity index (χ2n) is 8.12. The fraction of sp³-hybridized carbons (Fsp3) is 0.429. The molecule has 13 heteroatoms. The van der Waals surface area contributed by atoms with Gasteiger partial charge in [-0.05, 0) is 38.6 Å². The molecule has 1 unspecified atom stereocenters. The number of aliphatic carboxylic acids is 1. The first kappa shape index (κ1) is 25.1. The number of likely N-dealkylation sites (N-methyl/N-ethyl adjacent to an activating group) is 1. The Labute approximate surface area is 191 Å². The first-order valence-electron chi connectivity index (χ1n) is 10.1. The van der Waals surface area contributed by atoms with E-state index in [2.05, 4.69) is 5.16 Å². The lowest BCUT2D eigenvalue weighted by molar-refractivity contribution is -0.192. The van der Waals surface area contributed by atoms with E-state index in [9.17, 15) is 27.2 Å². The van der Waals surface area contributed by atoms with Crippen LogP contribution >= 0.6 is 0 Å². The third kappa shape index (κ3) is 5.19. The van der Waals surface area contributed by atoms with Gasteiger partial charge in [0.2, 0.25) is 5.91 Å². The first-order valence-corrected chi connectivity index (χ1v) is 10.1. The van der Waals surface area contributed by atoms with Crippen LogP contribution in [0.25, 0.3) is 0 Å². The third-order valence-electron chi connectivity index (χ3n) is 5.90. The van der Waals surface area contributed by atoms with Gasteiger partial charge in [0.1, 0.15) is 17.1 Å². The lowest BCUT2D eigenvalue weighted by Gasteiger charge is -2.46. The third-order valence-corrected chi connectivity index (χ3v) is 5.90. The summed E-state index contributed by atoms with van der Waals surface area (Å²) in [6.45, 7) is 3.43. The number of hydrogen-bond donors (Lipinski definition) is 1. The minimum atomic E-state index is -5.08. The molecule has 2 amide bonds. The molecule has 1 N–H and O–H groups in total. The normalized spacial score (nSPS) is 20.9. The number of carboxylic acids is 1. The number of nitrogens with zero attached hydrogens (tertiary/aromatic N) is 4. The van der Waals surface area contributed by atoms with Gasteiger partial charge >= 0.3 is 12.1 Å². The van der Waals surface area contributed by atoms with Crippen molar-refractivity contribution in [2.75, 3.05) is 38.1 Å². The SMILES string of the molecule is Cc1oncc1C(=O)N1CCC2(C1)CN(c1cccc(F)c1)C(=O)CN2C.O=C(O)C(F)(F)F. The second-order valence-corrected chi connectivity index (χ2v) is 8.12. The molecular formula is C21H22F4N4O5. The summed E-state index contributed by atoms with van der Waals surface area (Å²) < 4.78 is 50.4. The van der Waals surface area contributed by atoms with Gasteiger partial charge in [-0.2, -0.15) is 13.2 Å². The Bertz CT molecular complexity index is 1090.